The molecule has 214 valence electrons. The summed E-state index contributed by atoms with van der Waals surface area (Å²) in [5.74, 6) is 1.33. The molecule has 3 aromatic carbocycles. The topological polar surface area (TPSA) is 91.0 Å². The molecule has 0 spiro atoms. The van der Waals surface area contributed by atoms with E-state index < -0.39 is 10.0 Å². The number of halogens is 1. The molecule has 1 fully saturated rings. The van der Waals surface area contributed by atoms with Crippen molar-refractivity contribution in [1.29, 1.82) is 0 Å². The highest BCUT2D eigenvalue weighted by molar-refractivity contribution is 7.92. The van der Waals surface area contributed by atoms with Crippen molar-refractivity contribution in [3.8, 4) is 11.5 Å². The fourth-order valence-electron chi connectivity index (χ4n) is 4.66. The van der Waals surface area contributed by atoms with Gasteiger partial charge in [0.2, 0.25) is 10.0 Å². The van der Waals surface area contributed by atoms with Gasteiger partial charge in [0.1, 0.15) is 11.5 Å². The van der Waals surface area contributed by atoms with E-state index in [-0.39, 0.29) is 12.1 Å². The van der Waals surface area contributed by atoms with Crippen molar-refractivity contribution in [3.63, 3.8) is 0 Å². The number of amides is 2. The second kappa shape index (κ2) is 13.9. The summed E-state index contributed by atoms with van der Waals surface area (Å²) in [6, 6.07) is 22.3. The van der Waals surface area contributed by atoms with Crippen LogP contribution in [0.1, 0.15) is 38.2 Å². The molecule has 0 radical (unpaired) electrons. The second-order valence-electron chi connectivity index (χ2n) is 10.1. The van der Waals surface area contributed by atoms with E-state index in [4.69, 9.17) is 16.3 Å². The van der Waals surface area contributed by atoms with Gasteiger partial charge in [-0.05, 0) is 79.4 Å². The Kier molecular flexibility index (Phi) is 10.3. The maximum atomic E-state index is 13.2. The molecule has 0 aliphatic carbocycles. The minimum absolute atomic E-state index is 0.0638. The SMILES string of the molecule is CCCCN(C(=O)NC1CCN(Cc2ccc(Oc3ccc(NS(C)(=O)=O)cc3)cc2)CC1)c1cccc(Cl)c1. The predicted octanol–water partition coefficient (Wildman–Crippen LogP) is 6.48. The van der Waals surface area contributed by atoms with Crippen LogP contribution in [0.15, 0.2) is 72.8 Å². The van der Waals surface area contributed by atoms with Gasteiger partial charge in [-0.3, -0.25) is 14.5 Å². The minimum atomic E-state index is -3.31. The molecule has 1 aliphatic heterocycles. The number of unbranched alkanes of at least 4 members (excludes halogenated alkanes) is 1. The summed E-state index contributed by atoms with van der Waals surface area (Å²) in [5, 5.41) is 3.87. The zero-order valence-electron chi connectivity index (χ0n) is 23.0. The number of hydrogen-bond acceptors (Lipinski definition) is 5. The van der Waals surface area contributed by atoms with Crippen LogP contribution in [0.2, 0.25) is 5.02 Å². The second-order valence-corrected chi connectivity index (χ2v) is 12.3. The van der Waals surface area contributed by atoms with E-state index in [9.17, 15) is 13.2 Å². The number of likely N-dealkylation sites (tertiary alicyclic amines) is 1. The third-order valence-electron chi connectivity index (χ3n) is 6.74. The normalized spacial score (nSPS) is 14.5. The molecule has 1 saturated heterocycles. The van der Waals surface area contributed by atoms with Gasteiger partial charge in [0.15, 0.2) is 0 Å². The molecule has 1 aliphatic rings. The Morgan fingerprint density at radius 3 is 2.27 bits per heavy atom. The lowest BCUT2D eigenvalue weighted by atomic mass is 10.0. The Morgan fingerprint density at radius 1 is 1.02 bits per heavy atom. The van der Waals surface area contributed by atoms with Crippen molar-refractivity contribution in [2.24, 2.45) is 0 Å². The summed E-state index contributed by atoms with van der Waals surface area (Å²) in [4.78, 5) is 17.4. The number of hydrogen-bond donors (Lipinski definition) is 2. The lowest BCUT2D eigenvalue weighted by Crippen LogP contribution is -2.49. The lowest BCUT2D eigenvalue weighted by molar-refractivity contribution is 0.188. The van der Waals surface area contributed by atoms with Crippen LogP contribution < -0.4 is 19.7 Å². The summed E-state index contributed by atoms with van der Waals surface area (Å²) in [6.07, 6.45) is 4.85. The van der Waals surface area contributed by atoms with Crippen LogP contribution in [0.25, 0.3) is 0 Å². The number of anilines is 2. The number of urea groups is 1. The van der Waals surface area contributed by atoms with Crippen LogP contribution in [0.5, 0.6) is 11.5 Å². The number of nitrogens with one attached hydrogen (secondary N) is 2. The molecule has 10 heteroatoms. The van der Waals surface area contributed by atoms with Crippen molar-refractivity contribution in [2.45, 2.75) is 45.2 Å². The minimum Gasteiger partial charge on any atom is -0.457 e. The molecule has 0 unspecified atom stereocenters. The maximum absolute atomic E-state index is 13.2. The quantitative estimate of drug-likeness (QED) is 0.269. The van der Waals surface area contributed by atoms with Gasteiger partial charge < -0.3 is 10.1 Å². The highest BCUT2D eigenvalue weighted by Crippen LogP contribution is 2.25. The van der Waals surface area contributed by atoms with Crippen LogP contribution >= 0.6 is 11.6 Å². The van der Waals surface area contributed by atoms with Crippen LogP contribution in [0.3, 0.4) is 0 Å². The molecule has 1 heterocycles. The largest absolute Gasteiger partial charge is 0.457 e. The zero-order chi connectivity index (χ0) is 28.5. The molecule has 2 N–H and O–H groups in total. The average molecular weight is 585 g/mol. The maximum Gasteiger partial charge on any atom is 0.322 e. The molecular formula is C30H37ClN4O4S. The van der Waals surface area contributed by atoms with E-state index in [1.54, 1.807) is 29.2 Å². The van der Waals surface area contributed by atoms with Gasteiger partial charge in [-0.2, -0.15) is 0 Å². The number of piperidine rings is 1. The Bertz CT molecular complexity index is 1360. The number of carbonyl (C=O) groups is 1. The molecule has 0 bridgehead atoms. The fourth-order valence-corrected chi connectivity index (χ4v) is 5.41. The summed E-state index contributed by atoms with van der Waals surface area (Å²) >= 11 is 6.18. The van der Waals surface area contributed by atoms with E-state index in [0.717, 1.165) is 57.3 Å². The molecular weight excluding hydrogens is 548 g/mol. The highest BCUT2D eigenvalue weighted by Gasteiger charge is 2.24. The van der Waals surface area contributed by atoms with Gasteiger partial charge in [-0.15, -0.1) is 0 Å². The van der Waals surface area contributed by atoms with Crippen molar-refractivity contribution < 1.29 is 17.9 Å². The highest BCUT2D eigenvalue weighted by atomic mass is 35.5. The van der Waals surface area contributed by atoms with Crippen LogP contribution in [0.4, 0.5) is 16.2 Å². The van der Waals surface area contributed by atoms with Crippen LogP contribution in [-0.2, 0) is 16.6 Å². The first-order valence-electron chi connectivity index (χ1n) is 13.6. The number of ether oxygens (including phenoxy) is 1. The predicted molar refractivity (Wildman–Crippen MR) is 162 cm³/mol. The van der Waals surface area contributed by atoms with Crippen molar-refractivity contribution in [2.75, 3.05) is 35.5 Å². The lowest BCUT2D eigenvalue weighted by Gasteiger charge is -2.34. The molecule has 3 aromatic rings. The van der Waals surface area contributed by atoms with Gasteiger partial charge >= 0.3 is 6.03 Å². The first-order chi connectivity index (χ1) is 19.2. The summed E-state index contributed by atoms with van der Waals surface area (Å²) in [6.45, 7) is 5.42. The Labute approximate surface area is 242 Å². The monoisotopic (exact) mass is 584 g/mol. The van der Waals surface area contributed by atoms with E-state index >= 15 is 0 Å². The molecule has 40 heavy (non-hydrogen) atoms. The fraction of sp³-hybridized carbons (Fsp3) is 0.367. The summed E-state index contributed by atoms with van der Waals surface area (Å²) in [7, 11) is -3.31. The van der Waals surface area contributed by atoms with Gasteiger partial charge in [0, 0.05) is 48.6 Å². The number of nitrogens with zero attached hydrogens (tertiary/aromatic N) is 2. The number of rotatable bonds is 11. The zero-order valence-corrected chi connectivity index (χ0v) is 24.5. The van der Waals surface area contributed by atoms with Gasteiger partial charge in [0.05, 0.1) is 6.26 Å². The van der Waals surface area contributed by atoms with Crippen LogP contribution in [-0.4, -0.2) is 51.3 Å². The standard InChI is InChI=1S/C30H37ClN4O4S/c1-3-4-18-35(27-7-5-6-24(31)21-27)30(36)32-25-16-19-34(20-17-25)22-23-8-12-28(13-9-23)39-29-14-10-26(11-15-29)33-40(2,37)38/h5-15,21,25,33H,3-4,16-20,22H2,1-2H3,(H,32,36). The Balaban J connectivity index is 1.24. The Hall–Kier alpha value is -3.27. The molecule has 4 rings (SSSR count). The first kappa shape index (κ1) is 29.7. The number of benzene rings is 3. The van der Waals surface area contributed by atoms with E-state index in [0.29, 0.717) is 28.8 Å². The molecule has 8 nitrogen and oxygen atoms in total. The van der Waals surface area contributed by atoms with Crippen molar-refractivity contribution in [3.05, 3.63) is 83.4 Å². The van der Waals surface area contributed by atoms with Crippen molar-refractivity contribution in [1.82, 2.24) is 10.2 Å². The molecule has 0 aromatic heterocycles. The molecule has 0 atom stereocenters. The summed E-state index contributed by atoms with van der Waals surface area (Å²) < 4.78 is 31.0. The number of sulfonamides is 1. The molecule has 2 amide bonds. The van der Waals surface area contributed by atoms with Crippen molar-refractivity contribution >= 4 is 39.0 Å². The van der Waals surface area contributed by atoms with E-state index in [2.05, 4.69) is 34.0 Å². The van der Waals surface area contributed by atoms with Gasteiger partial charge in [-0.25, -0.2) is 13.2 Å². The third-order valence-corrected chi connectivity index (χ3v) is 7.58. The first-order valence-corrected chi connectivity index (χ1v) is 15.9. The molecule has 0 saturated carbocycles. The van der Waals surface area contributed by atoms with Crippen LogP contribution in [0, 0.1) is 0 Å². The van der Waals surface area contributed by atoms with Gasteiger partial charge in [-0.1, -0.05) is 43.1 Å². The Morgan fingerprint density at radius 2 is 1.68 bits per heavy atom. The summed E-state index contributed by atoms with van der Waals surface area (Å²) in [5.41, 5.74) is 2.50. The van der Waals surface area contributed by atoms with E-state index in [1.807, 2.05) is 36.4 Å². The average Bonchev–Trinajstić information content (AvgIpc) is 2.91. The van der Waals surface area contributed by atoms with E-state index in [1.165, 1.54) is 5.56 Å². The number of carbonyl (C=O) groups excluding carboxylic acids is 1. The van der Waals surface area contributed by atoms with Gasteiger partial charge in [0.25, 0.3) is 0 Å². The smallest absolute Gasteiger partial charge is 0.322 e. The third kappa shape index (κ3) is 9.15.